The number of nitrogens with zero attached hydrogens (tertiary/aromatic N) is 3. The van der Waals surface area contributed by atoms with Crippen LogP contribution in [0.4, 0.5) is 5.82 Å². The van der Waals surface area contributed by atoms with Gasteiger partial charge in [0.05, 0.1) is 6.10 Å². The van der Waals surface area contributed by atoms with E-state index in [-0.39, 0.29) is 6.10 Å². The summed E-state index contributed by atoms with van der Waals surface area (Å²) in [6, 6.07) is 3.75. The molecule has 4 nitrogen and oxygen atoms in total. The highest BCUT2D eigenvalue weighted by Gasteiger charge is 2.03. The molecule has 0 aliphatic rings. The van der Waals surface area contributed by atoms with Gasteiger partial charge in [-0.05, 0) is 25.5 Å². The lowest BCUT2D eigenvalue weighted by Crippen LogP contribution is -2.22. The van der Waals surface area contributed by atoms with Crippen LogP contribution in [0.1, 0.15) is 13.3 Å². The average molecular weight is 181 g/mol. The molecule has 1 rings (SSSR count). The molecule has 72 valence electrons. The van der Waals surface area contributed by atoms with Crippen LogP contribution >= 0.6 is 0 Å². The maximum absolute atomic E-state index is 9.09. The smallest absolute Gasteiger partial charge is 0.150 e. The molecule has 0 saturated heterocycles. The molecule has 0 aromatic carbocycles. The fourth-order valence-electron chi connectivity index (χ4n) is 0.992. The number of anilines is 1. The second-order valence-electron chi connectivity index (χ2n) is 3.14. The summed E-state index contributed by atoms with van der Waals surface area (Å²) < 4.78 is 0. The van der Waals surface area contributed by atoms with Crippen LogP contribution in [0.5, 0.6) is 0 Å². The Bertz CT molecular complexity index is 238. The van der Waals surface area contributed by atoms with Gasteiger partial charge in [0, 0.05) is 19.8 Å². The predicted octanol–water partition coefficient (Wildman–Crippen LogP) is 0.684. The molecule has 1 aromatic rings. The third-order valence-electron chi connectivity index (χ3n) is 1.83. The third kappa shape index (κ3) is 3.38. The lowest BCUT2D eigenvalue weighted by Gasteiger charge is -2.17. The van der Waals surface area contributed by atoms with E-state index >= 15 is 0 Å². The van der Waals surface area contributed by atoms with Crippen LogP contribution in [0, 0.1) is 0 Å². The van der Waals surface area contributed by atoms with Crippen LogP contribution in [-0.2, 0) is 0 Å². The Morgan fingerprint density at radius 2 is 2.38 bits per heavy atom. The zero-order valence-corrected chi connectivity index (χ0v) is 8.01. The summed E-state index contributed by atoms with van der Waals surface area (Å²) in [6.45, 7) is 2.57. The van der Waals surface area contributed by atoms with Gasteiger partial charge < -0.3 is 10.0 Å². The lowest BCUT2D eigenvalue weighted by atomic mass is 10.3. The lowest BCUT2D eigenvalue weighted by molar-refractivity contribution is 0.187. The van der Waals surface area contributed by atoms with Crippen molar-refractivity contribution >= 4 is 5.82 Å². The Morgan fingerprint density at radius 1 is 1.62 bits per heavy atom. The van der Waals surface area contributed by atoms with Gasteiger partial charge in [-0.3, -0.25) is 0 Å². The molecule has 0 spiro atoms. The van der Waals surface area contributed by atoms with Gasteiger partial charge in [-0.2, -0.15) is 5.10 Å². The molecular formula is C9H15N3O. The molecule has 1 N–H and O–H groups in total. The van der Waals surface area contributed by atoms with Crippen molar-refractivity contribution in [1.29, 1.82) is 0 Å². The normalized spacial score (nSPS) is 12.5. The van der Waals surface area contributed by atoms with Gasteiger partial charge in [0.15, 0.2) is 5.82 Å². The van der Waals surface area contributed by atoms with Crippen molar-refractivity contribution in [2.75, 3.05) is 18.5 Å². The van der Waals surface area contributed by atoms with E-state index in [9.17, 15) is 0 Å². The molecule has 1 unspecified atom stereocenters. The maximum Gasteiger partial charge on any atom is 0.150 e. The molecule has 1 aromatic heterocycles. The van der Waals surface area contributed by atoms with Crippen molar-refractivity contribution in [1.82, 2.24) is 10.2 Å². The van der Waals surface area contributed by atoms with Crippen LogP contribution in [-0.4, -0.2) is 35.0 Å². The van der Waals surface area contributed by atoms with Crippen molar-refractivity contribution in [2.24, 2.45) is 0 Å². The van der Waals surface area contributed by atoms with Gasteiger partial charge in [0.25, 0.3) is 0 Å². The Morgan fingerprint density at radius 3 is 2.92 bits per heavy atom. The minimum absolute atomic E-state index is 0.265. The van der Waals surface area contributed by atoms with Crippen LogP contribution in [0.15, 0.2) is 18.3 Å². The second kappa shape index (κ2) is 4.77. The standard InChI is InChI=1S/C9H15N3O/c1-8(13)5-7-12(2)9-4-3-6-10-11-9/h3-4,6,8,13H,5,7H2,1-2H3. The van der Waals surface area contributed by atoms with Crippen molar-refractivity contribution in [3.05, 3.63) is 18.3 Å². The first kappa shape index (κ1) is 9.92. The molecular weight excluding hydrogens is 166 g/mol. The molecule has 0 radical (unpaired) electrons. The zero-order chi connectivity index (χ0) is 9.68. The molecule has 1 atom stereocenters. The monoisotopic (exact) mass is 181 g/mol. The summed E-state index contributed by atoms with van der Waals surface area (Å²) in [6.07, 6.45) is 2.12. The predicted molar refractivity (Wildman–Crippen MR) is 51.6 cm³/mol. The van der Waals surface area contributed by atoms with Crippen molar-refractivity contribution in [2.45, 2.75) is 19.4 Å². The number of aliphatic hydroxyl groups excluding tert-OH is 1. The number of rotatable bonds is 4. The quantitative estimate of drug-likeness (QED) is 0.742. The molecule has 0 saturated carbocycles. The third-order valence-corrected chi connectivity index (χ3v) is 1.83. The average Bonchev–Trinajstić information content (AvgIpc) is 2.15. The van der Waals surface area contributed by atoms with E-state index in [4.69, 9.17) is 5.11 Å². The summed E-state index contributed by atoms with van der Waals surface area (Å²) in [4.78, 5) is 1.97. The molecule has 0 amide bonds. The van der Waals surface area contributed by atoms with Crippen LogP contribution in [0.3, 0.4) is 0 Å². The summed E-state index contributed by atoms with van der Waals surface area (Å²) in [7, 11) is 1.94. The van der Waals surface area contributed by atoms with E-state index in [1.807, 2.05) is 24.1 Å². The largest absolute Gasteiger partial charge is 0.393 e. The topological polar surface area (TPSA) is 49.2 Å². The number of aliphatic hydroxyl groups is 1. The number of hydrogen-bond donors (Lipinski definition) is 1. The maximum atomic E-state index is 9.09. The van der Waals surface area contributed by atoms with Crippen molar-refractivity contribution < 1.29 is 5.11 Å². The number of aromatic nitrogens is 2. The van der Waals surface area contributed by atoms with E-state index in [0.29, 0.717) is 0 Å². The van der Waals surface area contributed by atoms with Gasteiger partial charge in [0.2, 0.25) is 0 Å². The number of hydrogen-bond acceptors (Lipinski definition) is 4. The van der Waals surface area contributed by atoms with Gasteiger partial charge in [-0.15, -0.1) is 5.10 Å². The minimum Gasteiger partial charge on any atom is -0.393 e. The van der Waals surface area contributed by atoms with E-state index in [0.717, 1.165) is 18.8 Å². The van der Waals surface area contributed by atoms with Gasteiger partial charge in [-0.1, -0.05) is 0 Å². The van der Waals surface area contributed by atoms with Crippen molar-refractivity contribution in [3.63, 3.8) is 0 Å². The molecule has 4 heteroatoms. The van der Waals surface area contributed by atoms with Crippen LogP contribution < -0.4 is 4.90 Å². The summed E-state index contributed by atoms with van der Waals surface area (Å²) >= 11 is 0. The first-order valence-corrected chi connectivity index (χ1v) is 4.37. The van der Waals surface area contributed by atoms with E-state index in [1.165, 1.54) is 0 Å². The summed E-state index contributed by atoms with van der Waals surface area (Å²) in [5.41, 5.74) is 0. The Kier molecular flexibility index (Phi) is 3.64. The Labute approximate surface area is 78.2 Å². The highest BCUT2D eigenvalue weighted by Crippen LogP contribution is 2.06. The molecule has 0 bridgehead atoms. The Hall–Kier alpha value is -1.16. The fourth-order valence-corrected chi connectivity index (χ4v) is 0.992. The van der Waals surface area contributed by atoms with Crippen LogP contribution in [0.25, 0.3) is 0 Å². The highest BCUT2D eigenvalue weighted by molar-refractivity contribution is 5.34. The Balaban J connectivity index is 2.44. The fraction of sp³-hybridized carbons (Fsp3) is 0.556. The summed E-state index contributed by atoms with van der Waals surface area (Å²) in [5, 5.41) is 16.8. The first-order valence-electron chi connectivity index (χ1n) is 4.37. The second-order valence-corrected chi connectivity index (χ2v) is 3.14. The van der Waals surface area contributed by atoms with Gasteiger partial charge in [-0.25, -0.2) is 0 Å². The minimum atomic E-state index is -0.265. The van der Waals surface area contributed by atoms with E-state index < -0.39 is 0 Å². The van der Waals surface area contributed by atoms with Crippen LogP contribution in [0.2, 0.25) is 0 Å². The molecule has 13 heavy (non-hydrogen) atoms. The SMILES string of the molecule is CC(O)CCN(C)c1cccnn1. The molecule has 0 aliphatic heterocycles. The van der Waals surface area contributed by atoms with E-state index in [2.05, 4.69) is 10.2 Å². The molecule has 0 fully saturated rings. The van der Waals surface area contributed by atoms with Gasteiger partial charge in [0.1, 0.15) is 0 Å². The summed E-state index contributed by atoms with van der Waals surface area (Å²) in [5.74, 6) is 0.836. The molecule has 0 aliphatic carbocycles. The molecule has 1 heterocycles. The van der Waals surface area contributed by atoms with Gasteiger partial charge >= 0.3 is 0 Å². The zero-order valence-electron chi connectivity index (χ0n) is 8.01. The highest BCUT2D eigenvalue weighted by atomic mass is 16.3. The first-order chi connectivity index (χ1) is 6.20. The van der Waals surface area contributed by atoms with Crippen molar-refractivity contribution in [3.8, 4) is 0 Å². The van der Waals surface area contributed by atoms with E-state index in [1.54, 1.807) is 13.1 Å².